The third-order valence-corrected chi connectivity index (χ3v) is 4.12. The molecule has 0 spiro atoms. The summed E-state index contributed by atoms with van der Waals surface area (Å²) in [6.45, 7) is 7.74. The molecule has 0 saturated carbocycles. The van der Waals surface area contributed by atoms with Crippen LogP contribution >= 0.6 is 0 Å². The fraction of sp³-hybridized carbons (Fsp3) is 0.929. The maximum absolute atomic E-state index is 9.18. The highest BCUT2D eigenvalue weighted by Crippen LogP contribution is 2.23. The van der Waals surface area contributed by atoms with Gasteiger partial charge in [-0.05, 0) is 44.7 Å². The van der Waals surface area contributed by atoms with Crippen LogP contribution in [0.3, 0.4) is 0 Å². The Balaban J connectivity index is 2.16. The molecule has 4 nitrogen and oxygen atoms in total. The summed E-state index contributed by atoms with van der Waals surface area (Å²) in [6, 6.07) is 0. The van der Waals surface area contributed by atoms with E-state index in [2.05, 4.69) is 4.90 Å². The summed E-state index contributed by atoms with van der Waals surface area (Å²) < 4.78 is 0. The second-order valence-corrected chi connectivity index (χ2v) is 6.25. The van der Waals surface area contributed by atoms with E-state index in [-0.39, 0.29) is 5.41 Å². The van der Waals surface area contributed by atoms with Crippen LogP contribution in [0.1, 0.15) is 46.0 Å². The molecule has 1 aliphatic heterocycles. The minimum atomic E-state index is -0.157. The average Bonchev–Trinajstić information content (AvgIpc) is 2.35. The minimum Gasteiger partial charge on any atom is -0.396 e. The summed E-state index contributed by atoms with van der Waals surface area (Å²) in [5.41, 5.74) is 5.42. The fourth-order valence-corrected chi connectivity index (χ4v) is 2.54. The normalized spacial score (nSPS) is 22.1. The molecular formula is C14H29N3O. The van der Waals surface area contributed by atoms with Crippen molar-refractivity contribution in [3.63, 3.8) is 0 Å². The third kappa shape index (κ3) is 4.94. The van der Waals surface area contributed by atoms with Gasteiger partial charge < -0.3 is 15.7 Å². The van der Waals surface area contributed by atoms with E-state index in [9.17, 15) is 5.11 Å². The van der Waals surface area contributed by atoms with Crippen LogP contribution in [-0.4, -0.2) is 42.1 Å². The Morgan fingerprint density at radius 3 is 2.78 bits per heavy atom. The van der Waals surface area contributed by atoms with Gasteiger partial charge in [0.05, 0.1) is 5.84 Å². The van der Waals surface area contributed by atoms with Crippen LogP contribution in [0.5, 0.6) is 0 Å². The summed E-state index contributed by atoms with van der Waals surface area (Å²) in [5, 5.41) is 16.7. The van der Waals surface area contributed by atoms with Crippen molar-refractivity contribution in [1.82, 2.24) is 4.90 Å². The van der Waals surface area contributed by atoms with Crippen LogP contribution in [0.15, 0.2) is 0 Å². The molecule has 1 heterocycles. The van der Waals surface area contributed by atoms with Crippen molar-refractivity contribution in [2.24, 2.45) is 17.1 Å². The van der Waals surface area contributed by atoms with Crippen LogP contribution < -0.4 is 5.73 Å². The number of hydrogen-bond donors (Lipinski definition) is 3. The lowest BCUT2D eigenvalue weighted by molar-refractivity contribution is 0.118. The predicted molar refractivity (Wildman–Crippen MR) is 75.8 cm³/mol. The maximum Gasteiger partial charge on any atom is 0.0963 e. The molecule has 0 radical (unpaired) electrons. The first-order chi connectivity index (χ1) is 8.45. The number of nitrogens with zero attached hydrogens (tertiary/aromatic N) is 1. The Kier molecular flexibility index (Phi) is 6.09. The fourth-order valence-electron chi connectivity index (χ4n) is 2.54. The highest BCUT2D eigenvalue weighted by atomic mass is 16.3. The zero-order chi connectivity index (χ0) is 13.6. The topological polar surface area (TPSA) is 73.3 Å². The van der Waals surface area contributed by atoms with Gasteiger partial charge in [0.1, 0.15) is 0 Å². The molecule has 1 atom stereocenters. The van der Waals surface area contributed by atoms with Crippen LogP contribution in [0.2, 0.25) is 0 Å². The second kappa shape index (κ2) is 7.10. The standard InChI is InChI=1S/C14H29N3O/c1-14(2,13(15)16)7-3-4-8-17-9-5-6-12(10-17)11-18/h12,18H,3-11H2,1-2H3,(H3,15,16). The first-order valence-corrected chi connectivity index (χ1v) is 7.13. The molecular weight excluding hydrogens is 226 g/mol. The minimum absolute atomic E-state index is 0.157. The quantitative estimate of drug-likeness (QED) is 0.369. The highest BCUT2D eigenvalue weighted by molar-refractivity contribution is 5.82. The number of amidine groups is 1. The van der Waals surface area contributed by atoms with E-state index >= 15 is 0 Å². The molecule has 1 unspecified atom stereocenters. The maximum atomic E-state index is 9.18. The molecule has 106 valence electrons. The number of aliphatic hydroxyl groups is 1. The van der Waals surface area contributed by atoms with Gasteiger partial charge in [-0.3, -0.25) is 5.41 Å². The van der Waals surface area contributed by atoms with Gasteiger partial charge in [0.15, 0.2) is 0 Å². The summed E-state index contributed by atoms with van der Waals surface area (Å²) in [5.74, 6) is 0.772. The van der Waals surface area contributed by atoms with Crippen LogP contribution in [0.4, 0.5) is 0 Å². The average molecular weight is 255 g/mol. The molecule has 0 bridgehead atoms. The van der Waals surface area contributed by atoms with E-state index < -0.39 is 0 Å². The van der Waals surface area contributed by atoms with Crippen molar-refractivity contribution >= 4 is 5.84 Å². The van der Waals surface area contributed by atoms with Crippen molar-refractivity contribution < 1.29 is 5.11 Å². The molecule has 1 saturated heterocycles. The van der Waals surface area contributed by atoms with Crippen LogP contribution in [0, 0.1) is 16.7 Å². The molecule has 0 aromatic carbocycles. The predicted octanol–water partition coefficient (Wildman–Crippen LogP) is 1.82. The number of rotatable bonds is 7. The summed E-state index contributed by atoms with van der Waals surface area (Å²) in [4.78, 5) is 2.46. The lowest BCUT2D eigenvalue weighted by Gasteiger charge is -2.32. The number of aliphatic hydroxyl groups excluding tert-OH is 1. The zero-order valence-corrected chi connectivity index (χ0v) is 11.9. The SMILES string of the molecule is CC(C)(CCCCN1CCCC(CO)C1)C(=N)N. The van der Waals surface area contributed by atoms with Gasteiger partial charge in [0.25, 0.3) is 0 Å². The van der Waals surface area contributed by atoms with Gasteiger partial charge in [0.2, 0.25) is 0 Å². The van der Waals surface area contributed by atoms with E-state index in [1.807, 2.05) is 13.8 Å². The van der Waals surface area contributed by atoms with Crippen LogP contribution in [0.25, 0.3) is 0 Å². The van der Waals surface area contributed by atoms with E-state index in [0.29, 0.717) is 18.4 Å². The van der Waals surface area contributed by atoms with E-state index in [1.165, 1.54) is 19.4 Å². The number of piperidine rings is 1. The number of nitrogens with two attached hydrogens (primary N) is 1. The molecule has 0 aromatic rings. The number of unbranched alkanes of at least 4 members (excludes halogenated alkanes) is 1. The van der Waals surface area contributed by atoms with Gasteiger partial charge in [-0.25, -0.2) is 0 Å². The Morgan fingerprint density at radius 1 is 1.44 bits per heavy atom. The Labute approximate surface area is 111 Å². The van der Waals surface area contributed by atoms with Crippen molar-refractivity contribution in [2.75, 3.05) is 26.2 Å². The van der Waals surface area contributed by atoms with Crippen LogP contribution in [-0.2, 0) is 0 Å². The van der Waals surface area contributed by atoms with Crippen molar-refractivity contribution in [3.8, 4) is 0 Å². The molecule has 4 N–H and O–H groups in total. The third-order valence-electron chi connectivity index (χ3n) is 4.12. The number of hydrogen-bond acceptors (Lipinski definition) is 3. The van der Waals surface area contributed by atoms with Gasteiger partial charge in [-0.1, -0.05) is 20.3 Å². The molecule has 0 aromatic heterocycles. The molecule has 1 rings (SSSR count). The van der Waals surface area contributed by atoms with Crippen molar-refractivity contribution in [1.29, 1.82) is 5.41 Å². The Bertz CT molecular complexity index is 266. The molecule has 4 heteroatoms. The van der Waals surface area contributed by atoms with E-state index in [1.54, 1.807) is 0 Å². The second-order valence-electron chi connectivity index (χ2n) is 6.25. The summed E-state index contributed by atoms with van der Waals surface area (Å²) in [6.07, 6.45) is 5.65. The lowest BCUT2D eigenvalue weighted by atomic mass is 9.86. The largest absolute Gasteiger partial charge is 0.396 e. The van der Waals surface area contributed by atoms with Gasteiger partial charge >= 0.3 is 0 Å². The molecule has 1 fully saturated rings. The summed E-state index contributed by atoms with van der Waals surface area (Å²) >= 11 is 0. The molecule has 18 heavy (non-hydrogen) atoms. The highest BCUT2D eigenvalue weighted by Gasteiger charge is 2.22. The molecule has 0 aliphatic carbocycles. The zero-order valence-electron chi connectivity index (χ0n) is 11.9. The molecule has 0 amide bonds. The number of likely N-dealkylation sites (tertiary alicyclic amines) is 1. The van der Waals surface area contributed by atoms with E-state index in [4.69, 9.17) is 11.1 Å². The van der Waals surface area contributed by atoms with Gasteiger partial charge in [-0.2, -0.15) is 0 Å². The van der Waals surface area contributed by atoms with E-state index in [0.717, 1.165) is 32.4 Å². The first-order valence-electron chi connectivity index (χ1n) is 7.13. The summed E-state index contributed by atoms with van der Waals surface area (Å²) in [7, 11) is 0. The first kappa shape index (κ1) is 15.4. The van der Waals surface area contributed by atoms with Gasteiger partial charge in [-0.15, -0.1) is 0 Å². The Hall–Kier alpha value is -0.610. The van der Waals surface area contributed by atoms with Gasteiger partial charge in [0, 0.05) is 18.6 Å². The smallest absolute Gasteiger partial charge is 0.0963 e. The number of nitrogens with one attached hydrogen (secondary N) is 1. The lowest BCUT2D eigenvalue weighted by Crippen LogP contribution is -2.37. The Morgan fingerprint density at radius 2 is 2.17 bits per heavy atom. The van der Waals surface area contributed by atoms with Crippen molar-refractivity contribution in [2.45, 2.75) is 46.0 Å². The monoisotopic (exact) mass is 255 g/mol. The van der Waals surface area contributed by atoms with Crippen molar-refractivity contribution in [3.05, 3.63) is 0 Å². The molecule has 1 aliphatic rings.